The van der Waals surface area contributed by atoms with Gasteiger partial charge in [0.05, 0.1) is 0 Å². The van der Waals surface area contributed by atoms with Crippen LogP contribution in [-0.2, 0) is 0 Å². The van der Waals surface area contributed by atoms with Gasteiger partial charge in [0.25, 0.3) is 0 Å². The Kier molecular flexibility index (Phi) is 8.56. The third-order valence-corrected chi connectivity index (χ3v) is 1.21. The summed E-state index contributed by atoms with van der Waals surface area (Å²) >= 11 is 0. The lowest BCUT2D eigenvalue weighted by atomic mass is 10.1. The van der Waals surface area contributed by atoms with E-state index in [1.54, 1.807) is 5.92 Å². The van der Waals surface area contributed by atoms with E-state index in [0.29, 0.717) is 0 Å². The molecule has 0 saturated heterocycles. The molecule has 0 rings (SSSR count). The molecule has 7 heavy (non-hydrogen) atoms. The van der Waals surface area contributed by atoms with Gasteiger partial charge in [-0.2, -0.15) is 0 Å². The molecule has 0 amide bonds. The topological polar surface area (TPSA) is 35.0 Å². The summed E-state index contributed by atoms with van der Waals surface area (Å²) in [6, 6.07) is 0. The molecule has 1 heteroatoms. The van der Waals surface area contributed by atoms with Crippen molar-refractivity contribution in [2.24, 2.45) is 0 Å². The van der Waals surface area contributed by atoms with Crippen molar-refractivity contribution in [2.45, 2.75) is 33.6 Å². The summed E-state index contributed by atoms with van der Waals surface area (Å²) in [6.07, 6.45) is 2.49. The van der Waals surface area contributed by atoms with Crippen LogP contribution in [0.5, 0.6) is 0 Å². The van der Waals surface area contributed by atoms with E-state index >= 15 is 0 Å². The van der Waals surface area contributed by atoms with Gasteiger partial charge in [-0.3, -0.25) is 0 Å². The maximum Gasteiger partial charge on any atom is -0.0277 e. The lowest BCUT2D eigenvalue weighted by Gasteiger charge is -1.97. The molecule has 0 aromatic heterocycles. The first-order valence-electron chi connectivity index (χ1n) is 2.62. The highest BCUT2D eigenvalue weighted by Crippen LogP contribution is 2.05. The fraction of sp³-hybridized carbons (Fsp3) is 0.833. The summed E-state index contributed by atoms with van der Waals surface area (Å²) in [7, 11) is 0. The summed E-state index contributed by atoms with van der Waals surface area (Å²) in [5.41, 5.74) is 0. The number of hydrogen-bond acceptors (Lipinski definition) is 1. The van der Waals surface area contributed by atoms with Crippen LogP contribution in [0.1, 0.15) is 33.6 Å². The Morgan fingerprint density at radius 2 is 1.43 bits per heavy atom. The fourth-order valence-corrected chi connectivity index (χ4v) is 0.250. The van der Waals surface area contributed by atoms with E-state index in [4.69, 9.17) is 0 Å². The van der Waals surface area contributed by atoms with Crippen LogP contribution in [-0.4, -0.2) is 0 Å². The normalized spacial score (nSPS) is 8.57. The van der Waals surface area contributed by atoms with E-state index in [-0.39, 0.29) is 6.15 Å². The molecule has 0 aliphatic heterocycles. The fourth-order valence-electron chi connectivity index (χ4n) is 0.250. The molecule has 0 fully saturated rings. The molecular formula is C6H16N. The summed E-state index contributed by atoms with van der Waals surface area (Å²) in [4.78, 5) is 0. The average Bonchev–Trinajstić information content (AvgIpc) is 1.65. The lowest BCUT2D eigenvalue weighted by molar-refractivity contribution is 0.819. The van der Waals surface area contributed by atoms with Crippen LogP contribution in [0, 0.1) is 5.92 Å². The second-order valence-corrected chi connectivity index (χ2v) is 1.66. The molecule has 1 nitrogen and oxygen atoms in total. The minimum atomic E-state index is 0. The van der Waals surface area contributed by atoms with Crippen molar-refractivity contribution in [3.8, 4) is 0 Å². The first-order chi connectivity index (χ1) is 2.81. The van der Waals surface area contributed by atoms with Crippen LogP contribution in [0.15, 0.2) is 0 Å². The van der Waals surface area contributed by atoms with Gasteiger partial charge in [0.2, 0.25) is 0 Å². The highest BCUT2D eigenvalue weighted by Gasteiger charge is 1.89. The molecular weight excluding hydrogens is 86.1 g/mol. The second kappa shape index (κ2) is 5.96. The highest BCUT2D eigenvalue weighted by molar-refractivity contribution is 4.78. The SMILES string of the molecule is CC[C](C)CC.N. The zero-order valence-corrected chi connectivity index (χ0v) is 5.62. The third kappa shape index (κ3) is 5.96. The molecule has 0 aliphatic rings. The Hall–Kier alpha value is -0.0400. The van der Waals surface area contributed by atoms with Crippen molar-refractivity contribution in [1.29, 1.82) is 0 Å². The van der Waals surface area contributed by atoms with Crippen LogP contribution >= 0.6 is 0 Å². The maximum atomic E-state index is 2.19. The Morgan fingerprint density at radius 1 is 1.14 bits per heavy atom. The molecule has 1 radical (unpaired) electrons. The van der Waals surface area contributed by atoms with Gasteiger partial charge in [0, 0.05) is 0 Å². The van der Waals surface area contributed by atoms with Crippen LogP contribution in [0.25, 0.3) is 0 Å². The van der Waals surface area contributed by atoms with Crippen LogP contribution < -0.4 is 6.15 Å². The maximum absolute atomic E-state index is 2.19. The first kappa shape index (κ1) is 10.0. The monoisotopic (exact) mass is 102 g/mol. The van der Waals surface area contributed by atoms with Gasteiger partial charge in [-0.25, -0.2) is 0 Å². The van der Waals surface area contributed by atoms with E-state index < -0.39 is 0 Å². The van der Waals surface area contributed by atoms with Crippen molar-refractivity contribution in [1.82, 2.24) is 6.15 Å². The van der Waals surface area contributed by atoms with Gasteiger partial charge in [-0.1, -0.05) is 33.6 Å². The Morgan fingerprint density at radius 3 is 1.43 bits per heavy atom. The van der Waals surface area contributed by atoms with Gasteiger partial charge in [-0.15, -0.1) is 0 Å². The molecule has 0 bridgehead atoms. The first-order valence-corrected chi connectivity index (χ1v) is 2.62. The molecule has 0 heterocycles. The van der Waals surface area contributed by atoms with Gasteiger partial charge in [0.15, 0.2) is 0 Å². The van der Waals surface area contributed by atoms with E-state index in [0.717, 1.165) is 0 Å². The Balaban J connectivity index is 0. The largest absolute Gasteiger partial charge is 0.344 e. The third-order valence-electron chi connectivity index (χ3n) is 1.21. The van der Waals surface area contributed by atoms with E-state index in [1.807, 2.05) is 0 Å². The van der Waals surface area contributed by atoms with Crippen molar-refractivity contribution in [3.63, 3.8) is 0 Å². The highest BCUT2D eigenvalue weighted by atomic mass is 14.0. The van der Waals surface area contributed by atoms with Crippen molar-refractivity contribution >= 4 is 0 Å². The van der Waals surface area contributed by atoms with Crippen molar-refractivity contribution in [2.75, 3.05) is 0 Å². The van der Waals surface area contributed by atoms with Crippen molar-refractivity contribution in [3.05, 3.63) is 5.92 Å². The summed E-state index contributed by atoms with van der Waals surface area (Å²) in [5.74, 6) is 1.59. The quantitative estimate of drug-likeness (QED) is 0.571. The van der Waals surface area contributed by atoms with E-state index in [2.05, 4.69) is 20.8 Å². The minimum absolute atomic E-state index is 0. The van der Waals surface area contributed by atoms with Gasteiger partial charge in [0.1, 0.15) is 0 Å². The van der Waals surface area contributed by atoms with Crippen LogP contribution in [0.2, 0.25) is 0 Å². The zero-order valence-electron chi connectivity index (χ0n) is 5.62. The molecule has 3 N–H and O–H groups in total. The number of hydrogen-bond donors (Lipinski definition) is 1. The summed E-state index contributed by atoms with van der Waals surface area (Å²) in [6.45, 7) is 6.58. The smallest absolute Gasteiger partial charge is 0.0277 e. The molecule has 0 atom stereocenters. The van der Waals surface area contributed by atoms with E-state index in [9.17, 15) is 0 Å². The van der Waals surface area contributed by atoms with Crippen molar-refractivity contribution < 1.29 is 0 Å². The molecule has 45 valence electrons. The van der Waals surface area contributed by atoms with Gasteiger partial charge < -0.3 is 6.15 Å². The molecule has 0 saturated carbocycles. The molecule has 0 unspecified atom stereocenters. The molecule has 0 spiro atoms. The number of rotatable bonds is 2. The zero-order chi connectivity index (χ0) is 4.99. The lowest BCUT2D eigenvalue weighted by Crippen LogP contribution is -1.81. The molecule has 0 aromatic rings. The van der Waals surface area contributed by atoms with E-state index in [1.165, 1.54) is 12.8 Å². The summed E-state index contributed by atoms with van der Waals surface area (Å²) in [5, 5.41) is 0. The molecule has 0 aromatic carbocycles. The van der Waals surface area contributed by atoms with Gasteiger partial charge in [-0.05, 0) is 5.92 Å². The summed E-state index contributed by atoms with van der Waals surface area (Å²) < 4.78 is 0. The van der Waals surface area contributed by atoms with Crippen LogP contribution in [0.4, 0.5) is 0 Å². The predicted molar refractivity (Wildman–Crippen MR) is 34.5 cm³/mol. The molecule has 0 aliphatic carbocycles. The average molecular weight is 102 g/mol. The standard InChI is InChI=1S/C6H13.H3N/c1-4-6(3)5-2;/h4-5H2,1-3H3;1H3. The second-order valence-electron chi connectivity index (χ2n) is 1.66. The van der Waals surface area contributed by atoms with Gasteiger partial charge >= 0.3 is 0 Å². The minimum Gasteiger partial charge on any atom is -0.344 e. The Labute approximate surface area is 46.7 Å². The van der Waals surface area contributed by atoms with Crippen LogP contribution in [0.3, 0.4) is 0 Å². The Bertz CT molecular complexity index is 23.4. The predicted octanol–water partition coefficient (Wildman–Crippen LogP) is 2.56.